The first-order chi connectivity index (χ1) is 7.28. The second-order valence-electron chi connectivity index (χ2n) is 4.61. The minimum Gasteiger partial charge on any atom is -0.329 e. The Morgan fingerprint density at radius 3 is 2.31 bits per heavy atom. The first kappa shape index (κ1) is 14.6. The molecule has 0 aromatic carbocycles. The molecule has 0 aliphatic heterocycles. The van der Waals surface area contributed by atoms with Crippen molar-refractivity contribution >= 4 is 11.9 Å². The minimum absolute atomic E-state index is 0.0117. The molecule has 0 spiro atoms. The summed E-state index contributed by atoms with van der Waals surface area (Å²) in [6.45, 7) is 7.86. The van der Waals surface area contributed by atoms with Crippen LogP contribution in [0, 0.1) is 5.41 Å². The van der Waals surface area contributed by atoms with Gasteiger partial charge in [-0.05, 0) is 5.41 Å². The largest absolute Gasteiger partial charge is 0.329 e. The lowest BCUT2D eigenvalue weighted by molar-refractivity contribution is -0.125. The predicted molar refractivity (Wildman–Crippen MR) is 63.6 cm³/mol. The molecule has 92 valence electrons. The van der Waals surface area contributed by atoms with Gasteiger partial charge in [0.15, 0.2) is 0 Å². The molecule has 0 aromatic heterocycles. The lowest BCUT2D eigenvalue weighted by Crippen LogP contribution is -2.43. The number of hydrogen-bond acceptors (Lipinski definition) is 3. The quantitative estimate of drug-likeness (QED) is 0.757. The van der Waals surface area contributed by atoms with Crippen LogP contribution in [0.25, 0.3) is 0 Å². The Morgan fingerprint density at radius 1 is 1.38 bits per heavy atom. The average Bonchev–Trinajstić information content (AvgIpc) is 2.11. The Morgan fingerprint density at radius 2 is 1.94 bits per heavy atom. The Kier molecular flexibility index (Phi) is 5.74. The van der Waals surface area contributed by atoms with E-state index in [1.54, 1.807) is 6.20 Å². The molecule has 5 heteroatoms. The van der Waals surface area contributed by atoms with Crippen LogP contribution < -0.4 is 11.1 Å². The van der Waals surface area contributed by atoms with E-state index in [0.29, 0.717) is 0 Å². The van der Waals surface area contributed by atoms with Crippen LogP contribution >= 0.6 is 0 Å². The fourth-order valence-electron chi connectivity index (χ4n) is 0.972. The molecule has 0 saturated heterocycles. The van der Waals surface area contributed by atoms with E-state index in [1.165, 1.54) is 6.92 Å². The number of urea groups is 1. The summed E-state index contributed by atoms with van der Waals surface area (Å²) in [5.41, 5.74) is 5.30. The number of imide groups is 1. The van der Waals surface area contributed by atoms with Crippen molar-refractivity contribution in [3.63, 3.8) is 0 Å². The molecular formula is C11H21N3O2. The van der Waals surface area contributed by atoms with E-state index in [1.807, 2.05) is 26.8 Å². The smallest absolute Gasteiger partial charge is 0.328 e. The number of allylic oxidation sites excluding steroid dienone is 1. The zero-order valence-corrected chi connectivity index (χ0v) is 10.4. The molecular weight excluding hydrogens is 206 g/mol. The monoisotopic (exact) mass is 227 g/mol. The van der Waals surface area contributed by atoms with Gasteiger partial charge in [0.1, 0.15) is 0 Å². The fraction of sp³-hybridized carbons (Fsp3) is 0.636. The van der Waals surface area contributed by atoms with Crippen LogP contribution in [0.15, 0.2) is 12.3 Å². The van der Waals surface area contributed by atoms with Gasteiger partial charge in [-0.25, -0.2) is 4.79 Å². The van der Waals surface area contributed by atoms with E-state index in [0.717, 1.165) is 4.90 Å². The molecule has 16 heavy (non-hydrogen) atoms. The number of amides is 3. The third kappa shape index (κ3) is 6.19. The summed E-state index contributed by atoms with van der Waals surface area (Å²) in [6.07, 6.45) is 3.40. The summed E-state index contributed by atoms with van der Waals surface area (Å²) in [7, 11) is 0. The molecule has 0 radical (unpaired) electrons. The van der Waals surface area contributed by atoms with E-state index in [9.17, 15) is 9.59 Å². The van der Waals surface area contributed by atoms with Gasteiger partial charge in [-0.1, -0.05) is 26.8 Å². The number of nitrogens with two attached hydrogens (primary N) is 1. The first-order valence-electron chi connectivity index (χ1n) is 5.24. The van der Waals surface area contributed by atoms with Gasteiger partial charge in [-0.15, -0.1) is 0 Å². The SMILES string of the molecule is CC(=O)N(CCN)C(=O)N/C=C/C(C)(C)C. The van der Waals surface area contributed by atoms with Crippen molar-refractivity contribution in [1.29, 1.82) is 0 Å². The first-order valence-corrected chi connectivity index (χ1v) is 5.24. The number of carbonyl (C=O) groups excluding carboxylic acids is 2. The van der Waals surface area contributed by atoms with Crippen LogP contribution in [0.4, 0.5) is 4.79 Å². The van der Waals surface area contributed by atoms with Crippen molar-refractivity contribution in [3.8, 4) is 0 Å². The molecule has 0 atom stereocenters. The van der Waals surface area contributed by atoms with Crippen LogP contribution in [-0.4, -0.2) is 29.9 Å². The standard InChI is InChI=1S/C11H21N3O2/c1-9(15)14(8-6-12)10(16)13-7-5-11(2,3)4/h5,7H,6,8,12H2,1-4H3,(H,13,16)/b7-5+. The number of nitrogens with one attached hydrogen (secondary N) is 1. The topological polar surface area (TPSA) is 75.4 Å². The molecule has 0 aliphatic carbocycles. The highest BCUT2D eigenvalue weighted by atomic mass is 16.2. The summed E-state index contributed by atoms with van der Waals surface area (Å²) < 4.78 is 0. The highest BCUT2D eigenvalue weighted by Gasteiger charge is 2.15. The minimum atomic E-state index is -0.446. The van der Waals surface area contributed by atoms with Crippen LogP contribution in [0.1, 0.15) is 27.7 Å². The second kappa shape index (κ2) is 6.27. The molecule has 0 rings (SSSR count). The van der Waals surface area contributed by atoms with Crippen molar-refractivity contribution in [3.05, 3.63) is 12.3 Å². The van der Waals surface area contributed by atoms with Crippen LogP contribution in [-0.2, 0) is 4.79 Å². The van der Waals surface area contributed by atoms with E-state index < -0.39 is 6.03 Å². The lowest BCUT2D eigenvalue weighted by Gasteiger charge is -2.18. The highest BCUT2D eigenvalue weighted by molar-refractivity contribution is 5.93. The molecule has 3 amide bonds. The van der Waals surface area contributed by atoms with Crippen LogP contribution in [0.2, 0.25) is 0 Å². The van der Waals surface area contributed by atoms with Gasteiger partial charge in [0, 0.05) is 26.2 Å². The maximum Gasteiger partial charge on any atom is 0.328 e. The Labute approximate surface area is 96.7 Å². The summed E-state index contributed by atoms with van der Waals surface area (Å²) in [5.74, 6) is -0.313. The molecule has 0 bridgehead atoms. The normalized spacial score (nSPS) is 11.6. The van der Waals surface area contributed by atoms with Crippen molar-refractivity contribution in [2.24, 2.45) is 11.1 Å². The maximum atomic E-state index is 11.5. The van der Waals surface area contributed by atoms with Gasteiger partial charge in [0.2, 0.25) is 5.91 Å². The molecule has 0 heterocycles. The average molecular weight is 227 g/mol. The highest BCUT2D eigenvalue weighted by Crippen LogP contribution is 2.13. The Bertz CT molecular complexity index is 279. The van der Waals surface area contributed by atoms with E-state index in [4.69, 9.17) is 5.73 Å². The van der Waals surface area contributed by atoms with Crippen molar-refractivity contribution in [2.75, 3.05) is 13.1 Å². The number of nitrogens with zero attached hydrogens (tertiary/aromatic N) is 1. The summed E-state index contributed by atoms with van der Waals surface area (Å²) in [4.78, 5) is 23.7. The molecule has 3 N–H and O–H groups in total. The van der Waals surface area contributed by atoms with Gasteiger partial charge in [-0.3, -0.25) is 9.69 Å². The van der Waals surface area contributed by atoms with Crippen molar-refractivity contribution in [2.45, 2.75) is 27.7 Å². The molecule has 0 aromatic rings. The third-order valence-electron chi connectivity index (χ3n) is 1.77. The van der Waals surface area contributed by atoms with Gasteiger partial charge >= 0.3 is 6.03 Å². The summed E-state index contributed by atoms with van der Waals surface area (Å²) in [5, 5.41) is 2.54. The van der Waals surface area contributed by atoms with Crippen molar-refractivity contribution < 1.29 is 9.59 Å². The summed E-state index contributed by atoms with van der Waals surface area (Å²) >= 11 is 0. The zero-order chi connectivity index (χ0) is 12.8. The van der Waals surface area contributed by atoms with Gasteiger partial charge in [-0.2, -0.15) is 0 Å². The predicted octanol–water partition coefficient (Wildman–Crippen LogP) is 1.06. The maximum absolute atomic E-state index is 11.5. The molecule has 5 nitrogen and oxygen atoms in total. The number of hydrogen-bond donors (Lipinski definition) is 2. The van der Waals surface area contributed by atoms with Crippen molar-refractivity contribution in [1.82, 2.24) is 10.2 Å². The van der Waals surface area contributed by atoms with E-state index >= 15 is 0 Å². The Hall–Kier alpha value is -1.36. The third-order valence-corrected chi connectivity index (χ3v) is 1.77. The van der Waals surface area contributed by atoms with Gasteiger partial charge < -0.3 is 11.1 Å². The number of rotatable bonds is 3. The fourth-order valence-corrected chi connectivity index (χ4v) is 0.972. The second-order valence-corrected chi connectivity index (χ2v) is 4.61. The molecule has 0 unspecified atom stereocenters. The lowest BCUT2D eigenvalue weighted by atomic mass is 9.97. The van der Waals surface area contributed by atoms with Gasteiger partial charge in [0.25, 0.3) is 0 Å². The molecule has 0 saturated carbocycles. The zero-order valence-electron chi connectivity index (χ0n) is 10.4. The van der Waals surface area contributed by atoms with E-state index in [-0.39, 0.29) is 24.4 Å². The molecule has 0 fully saturated rings. The molecule has 0 aliphatic rings. The van der Waals surface area contributed by atoms with Crippen LogP contribution in [0.3, 0.4) is 0 Å². The Balaban J connectivity index is 4.32. The van der Waals surface area contributed by atoms with Crippen LogP contribution in [0.5, 0.6) is 0 Å². The summed E-state index contributed by atoms with van der Waals surface area (Å²) in [6, 6.07) is -0.446. The van der Waals surface area contributed by atoms with Gasteiger partial charge in [0.05, 0.1) is 0 Å². The number of carbonyl (C=O) groups is 2. The van der Waals surface area contributed by atoms with E-state index in [2.05, 4.69) is 5.32 Å².